The van der Waals surface area contributed by atoms with Crippen LogP contribution in [0.25, 0.3) is 27.5 Å². The smallest absolute Gasteiger partial charge is 0.280 e. The Morgan fingerprint density at radius 1 is 1.03 bits per heavy atom. The lowest BCUT2D eigenvalue weighted by Gasteiger charge is -2.07. The zero-order valence-corrected chi connectivity index (χ0v) is 16.5. The van der Waals surface area contributed by atoms with Crippen molar-refractivity contribution in [3.8, 4) is 5.69 Å². The van der Waals surface area contributed by atoms with Crippen LogP contribution in [0.4, 0.5) is 10.1 Å². The molecule has 2 heterocycles. The summed E-state index contributed by atoms with van der Waals surface area (Å²) in [6.45, 7) is 1.95. The van der Waals surface area contributed by atoms with Gasteiger partial charge in [0.1, 0.15) is 5.82 Å². The van der Waals surface area contributed by atoms with Gasteiger partial charge in [0.05, 0.1) is 22.1 Å². The number of nitrogens with one attached hydrogen (secondary N) is 2. The van der Waals surface area contributed by atoms with Crippen molar-refractivity contribution in [3.63, 3.8) is 0 Å². The molecule has 0 spiro atoms. The Balaban J connectivity index is 1.61. The van der Waals surface area contributed by atoms with Crippen LogP contribution in [0.3, 0.4) is 0 Å². The van der Waals surface area contributed by atoms with Crippen molar-refractivity contribution in [1.29, 1.82) is 0 Å². The summed E-state index contributed by atoms with van der Waals surface area (Å²) in [5.74, 6) is -0.644. The molecule has 2 N–H and O–H groups in total. The molecule has 0 atom stereocenters. The van der Waals surface area contributed by atoms with E-state index in [1.807, 2.05) is 31.2 Å². The van der Waals surface area contributed by atoms with Crippen molar-refractivity contribution in [2.45, 2.75) is 6.92 Å². The minimum Gasteiger partial charge on any atom is -0.322 e. The number of nitrogens with zero attached hydrogens (tertiary/aromatic N) is 2. The summed E-state index contributed by atoms with van der Waals surface area (Å²) in [4.78, 5) is 30.0. The second kappa shape index (κ2) is 7.21. The number of anilines is 1. The SMILES string of the molecule is Cc1cccc(NC(=O)c2ccc3ncc4c(=O)n(-c5ccc(F)cc5)[nH]c4c3c2)c1. The van der Waals surface area contributed by atoms with Crippen LogP contribution in [0.5, 0.6) is 0 Å². The lowest BCUT2D eigenvalue weighted by atomic mass is 10.1. The number of rotatable bonds is 3. The van der Waals surface area contributed by atoms with Crippen molar-refractivity contribution >= 4 is 33.4 Å². The van der Waals surface area contributed by atoms with E-state index in [2.05, 4.69) is 15.4 Å². The summed E-state index contributed by atoms with van der Waals surface area (Å²) in [7, 11) is 0. The van der Waals surface area contributed by atoms with E-state index in [-0.39, 0.29) is 17.3 Å². The molecule has 0 bridgehead atoms. The minimum atomic E-state index is -0.385. The first kappa shape index (κ1) is 18.7. The third-order valence-electron chi connectivity index (χ3n) is 5.15. The highest BCUT2D eigenvalue weighted by atomic mass is 19.1. The van der Waals surface area contributed by atoms with E-state index in [4.69, 9.17) is 0 Å². The van der Waals surface area contributed by atoms with Crippen LogP contribution in [0.1, 0.15) is 15.9 Å². The summed E-state index contributed by atoms with van der Waals surface area (Å²) in [5, 5.41) is 6.99. The molecule has 0 aliphatic heterocycles. The fourth-order valence-electron chi connectivity index (χ4n) is 3.60. The Morgan fingerprint density at radius 2 is 1.84 bits per heavy atom. The maximum absolute atomic E-state index is 13.3. The van der Waals surface area contributed by atoms with Gasteiger partial charge in [-0.05, 0) is 67.1 Å². The molecule has 0 aliphatic rings. The number of hydrogen-bond acceptors (Lipinski definition) is 3. The number of H-pyrrole nitrogens is 1. The third kappa shape index (κ3) is 3.36. The Labute approximate surface area is 176 Å². The molecular formula is C24H17FN4O2. The van der Waals surface area contributed by atoms with E-state index < -0.39 is 0 Å². The normalized spacial score (nSPS) is 11.2. The van der Waals surface area contributed by atoms with Crippen molar-refractivity contribution in [3.05, 3.63) is 100 Å². The summed E-state index contributed by atoms with van der Waals surface area (Å²) >= 11 is 0. The van der Waals surface area contributed by atoms with Gasteiger partial charge in [-0.25, -0.2) is 9.07 Å². The van der Waals surface area contributed by atoms with Crippen molar-refractivity contribution in [2.75, 3.05) is 5.32 Å². The maximum atomic E-state index is 13.3. The predicted octanol–water partition coefficient (Wildman–Crippen LogP) is 4.57. The van der Waals surface area contributed by atoms with E-state index in [0.717, 1.165) is 5.56 Å². The Hall–Kier alpha value is -4.26. The van der Waals surface area contributed by atoms with Crippen LogP contribution in [0, 0.1) is 12.7 Å². The molecule has 0 unspecified atom stereocenters. The number of hydrogen-bond donors (Lipinski definition) is 2. The van der Waals surface area contributed by atoms with E-state index in [1.54, 1.807) is 18.2 Å². The van der Waals surface area contributed by atoms with Crippen LogP contribution >= 0.6 is 0 Å². The number of aromatic amines is 1. The first-order valence-corrected chi connectivity index (χ1v) is 9.67. The molecular weight excluding hydrogens is 395 g/mol. The number of benzene rings is 3. The number of carbonyl (C=O) groups is 1. The molecule has 0 radical (unpaired) electrons. The first-order valence-electron chi connectivity index (χ1n) is 9.67. The fraction of sp³-hybridized carbons (Fsp3) is 0.0417. The number of halogens is 1. The van der Waals surface area contributed by atoms with Gasteiger partial charge in [-0.2, -0.15) is 0 Å². The highest BCUT2D eigenvalue weighted by Crippen LogP contribution is 2.23. The van der Waals surface area contributed by atoms with Gasteiger partial charge >= 0.3 is 0 Å². The van der Waals surface area contributed by atoms with Crippen LogP contribution in [-0.2, 0) is 0 Å². The van der Waals surface area contributed by atoms with Gasteiger partial charge in [0.25, 0.3) is 11.5 Å². The van der Waals surface area contributed by atoms with Crippen molar-refractivity contribution in [2.24, 2.45) is 0 Å². The van der Waals surface area contributed by atoms with Gasteiger partial charge in [-0.3, -0.25) is 19.7 Å². The second-order valence-electron chi connectivity index (χ2n) is 7.33. The van der Waals surface area contributed by atoms with Gasteiger partial charge < -0.3 is 5.32 Å². The molecule has 6 nitrogen and oxygen atoms in total. The Kier molecular flexibility index (Phi) is 4.36. The van der Waals surface area contributed by atoms with E-state index in [0.29, 0.717) is 38.7 Å². The topological polar surface area (TPSA) is 79.8 Å². The average Bonchev–Trinajstić information content (AvgIpc) is 3.11. The summed E-state index contributed by atoms with van der Waals surface area (Å²) in [6, 6.07) is 18.3. The zero-order chi connectivity index (χ0) is 21.5. The Morgan fingerprint density at radius 3 is 2.61 bits per heavy atom. The number of fused-ring (bicyclic) bond motifs is 3. The monoisotopic (exact) mass is 412 g/mol. The molecule has 7 heteroatoms. The molecule has 31 heavy (non-hydrogen) atoms. The summed E-state index contributed by atoms with van der Waals surface area (Å²) in [6.07, 6.45) is 1.50. The number of aryl methyl sites for hydroxylation is 1. The molecule has 152 valence electrons. The highest BCUT2D eigenvalue weighted by molar-refractivity contribution is 6.10. The predicted molar refractivity (Wildman–Crippen MR) is 118 cm³/mol. The summed E-state index contributed by atoms with van der Waals surface area (Å²) in [5.41, 5.74) is 3.60. The molecule has 0 aliphatic carbocycles. The largest absolute Gasteiger partial charge is 0.322 e. The van der Waals surface area contributed by atoms with Gasteiger partial charge in [-0.1, -0.05) is 12.1 Å². The molecule has 0 saturated carbocycles. The van der Waals surface area contributed by atoms with Crippen LogP contribution in [0.15, 0.2) is 77.7 Å². The van der Waals surface area contributed by atoms with Gasteiger partial charge in [0, 0.05) is 22.8 Å². The molecule has 5 aromatic rings. The van der Waals surface area contributed by atoms with E-state index >= 15 is 0 Å². The van der Waals surface area contributed by atoms with Gasteiger partial charge in [0.15, 0.2) is 0 Å². The minimum absolute atomic E-state index is 0.259. The maximum Gasteiger partial charge on any atom is 0.280 e. The van der Waals surface area contributed by atoms with Gasteiger partial charge in [-0.15, -0.1) is 0 Å². The van der Waals surface area contributed by atoms with Crippen LogP contribution in [-0.4, -0.2) is 20.7 Å². The number of carbonyl (C=O) groups excluding carboxylic acids is 1. The zero-order valence-electron chi connectivity index (χ0n) is 16.5. The standard InChI is InChI=1S/C24H17FN4O2/c1-14-3-2-4-17(11-14)27-23(30)15-5-10-21-19(12-15)22-20(13-26-21)24(31)29(28-22)18-8-6-16(25)7-9-18/h2-13,28H,1H3,(H,27,30). The van der Waals surface area contributed by atoms with Gasteiger partial charge in [0.2, 0.25) is 0 Å². The van der Waals surface area contributed by atoms with Crippen LogP contribution < -0.4 is 10.9 Å². The quantitative estimate of drug-likeness (QED) is 0.456. The molecule has 5 rings (SSSR count). The van der Waals surface area contributed by atoms with Crippen molar-refractivity contribution < 1.29 is 9.18 Å². The Bertz CT molecular complexity index is 1520. The number of pyridine rings is 1. The highest BCUT2D eigenvalue weighted by Gasteiger charge is 2.14. The molecule has 3 aromatic carbocycles. The lowest BCUT2D eigenvalue weighted by molar-refractivity contribution is 0.102. The molecule has 0 fully saturated rings. The molecule has 0 saturated heterocycles. The summed E-state index contributed by atoms with van der Waals surface area (Å²) < 4.78 is 14.6. The third-order valence-corrected chi connectivity index (χ3v) is 5.15. The van der Waals surface area contributed by atoms with E-state index in [9.17, 15) is 14.0 Å². The molecule has 1 amide bonds. The second-order valence-corrected chi connectivity index (χ2v) is 7.33. The number of aromatic nitrogens is 3. The number of amides is 1. The van der Waals surface area contributed by atoms with E-state index in [1.165, 1.54) is 35.1 Å². The lowest BCUT2D eigenvalue weighted by Crippen LogP contribution is -2.14. The first-order chi connectivity index (χ1) is 15.0. The van der Waals surface area contributed by atoms with Crippen LogP contribution in [0.2, 0.25) is 0 Å². The van der Waals surface area contributed by atoms with Crippen molar-refractivity contribution in [1.82, 2.24) is 14.8 Å². The average molecular weight is 412 g/mol. The molecule has 2 aromatic heterocycles. The fourth-order valence-corrected chi connectivity index (χ4v) is 3.60.